The Kier molecular flexibility index (Phi) is 4.50. The van der Waals surface area contributed by atoms with Crippen LogP contribution in [0.5, 0.6) is 0 Å². The summed E-state index contributed by atoms with van der Waals surface area (Å²) in [5.74, 6) is 0.843. The second-order valence-electron chi connectivity index (χ2n) is 5.35. The molecule has 100 valence electrons. The predicted molar refractivity (Wildman–Crippen MR) is 75.8 cm³/mol. The van der Waals surface area contributed by atoms with E-state index in [0.717, 1.165) is 11.3 Å². The van der Waals surface area contributed by atoms with Gasteiger partial charge in [-0.15, -0.1) is 11.6 Å². The molecule has 18 heavy (non-hydrogen) atoms. The maximum absolute atomic E-state index is 13.2. The van der Waals surface area contributed by atoms with Crippen molar-refractivity contribution in [2.24, 2.45) is 5.92 Å². The minimum absolute atomic E-state index is 0.209. The molecule has 1 fully saturated rings. The van der Waals surface area contributed by atoms with Crippen molar-refractivity contribution in [3.8, 4) is 0 Å². The van der Waals surface area contributed by atoms with Crippen molar-refractivity contribution < 1.29 is 4.39 Å². The average molecular weight is 270 g/mol. The molecular weight excluding hydrogens is 249 g/mol. The standard InChI is InChI=1S/C15H21ClFN/c1-11-5-3-4-6-14(11)18(2)15-8-7-13(17)9-12(15)10-16/h7-9,11,14H,3-6,10H2,1-2H3. The van der Waals surface area contributed by atoms with Crippen LogP contribution in [-0.4, -0.2) is 13.1 Å². The molecule has 3 heteroatoms. The van der Waals surface area contributed by atoms with E-state index < -0.39 is 0 Å². The summed E-state index contributed by atoms with van der Waals surface area (Å²) in [6.45, 7) is 2.31. The SMILES string of the molecule is CC1CCCCC1N(C)c1ccc(F)cc1CCl. The van der Waals surface area contributed by atoms with Crippen molar-refractivity contribution >= 4 is 17.3 Å². The van der Waals surface area contributed by atoms with E-state index in [9.17, 15) is 4.39 Å². The van der Waals surface area contributed by atoms with Gasteiger partial charge >= 0.3 is 0 Å². The van der Waals surface area contributed by atoms with Crippen molar-refractivity contribution in [2.75, 3.05) is 11.9 Å². The third-order valence-electron chi connectivity index (χ3n) is 4.13. The van der Waals surface area contributed by atoms with Gasteiger partial charge in [0, 0.05) is 24.7 Å². The van der Waals surface area contributed by atoms with E-state index >= 15 is 0 Å². The maximum atomic E-state index is 13.2. The van der Waals surface area contributed by atoms with Crippen LogP contribution in [0.15, 0.2) is 18.2 Å². The van der Waals surface area contributed by atoms with E-state index in [0.29, 0.717) is 17.8 Å². The van der Waals surface area contributed by atoms with Gasteiger partial charge < -0.3 is 4.90 Å². The highest BCUT2D eigenvalue weighted by Crippen LogP contribution is 2.32. The zero-order chi connectivity index (χ0) is 13.1. The zero-order valence-electron chi connectivity index (χ0n) is 11.1. The van der Waals surface area contributed by atoms with Gasteiger partial charge in [-0.25, -0.2) is 4.39 Å². The number of anilines is 1. The summed E-state index contributed by atoms with van der Waals surface area (Å²) in [6.07, 6.45) is 5.12. The average Bonchev–Trinajstić information content (AvgIpc) is 2.38. The number of hydrogen-bond acceptors (Lipinski definition) is 1. The van der Waals surface area contributed by atoms with Crippen molar-refractivity contribution in [1.29, 1.82) is 0 Å². The first kappa shape index (κ1) is 13.7. The fourth-order valence-electron chi connectivity index (χ4n) is 3.06. The van der Waals surface area contributed by atoms with Crippen molar-refractivity contribution in [1.82, 2.24) is 0 Å². The lowest BCUT2D eigenvalue weighted by Gasteiger charge is -2.38. The number of hydrogen-bond donors (Lipinski definition) is 0. The molecule has 1 aliphatic carbocycles. The van der Waals surface area contributed by atoms with E-state index in [1.54, 1.807) is 6.07 Å². The first-order valence-electron chi connectivity index (χ1n) is 6.70. The molecule has 0 amide bonds. The molecule has 1 nitrogen and oxygen atoms in total. The van der Waals surface area contributed by atoms with Crippen molar-refractivity contribution in [3.05, 3.63) is 29.6 Å². The van der Waals surface area contributed by atoms with Crippen LogP contribution in [-0.2, 0) is 5.88 Å². The lowest BCUT2D eigenvalue weighted by atomic mass is 9.84. The fourth-order valence-corrected chi connectivity index (χ4v) is 3.27. The van der Waals surface area contributed by atoms with Gasteiger partial charge in [-0.05, 0) is 42.5 Å². The summed E-state index contributed by atoms with van der Waals surface area (Å²) < 4.78 is 13.2. The van der Waals surface area contributed by atoms with Gasteiger partial charge in [0.2, 0.25) is 0 Å². The number of halogens is 2. The summed E-state index contributed by atoms with van der Waals surface area (Å²) in [7, 11) is 2.11. The highest BCUT2D eigenvalue weighted by atomic mass is 35.5. The molecule has 1 aromatic rings. The van der Waals surface area contributed by atoms with Crippen molar-refractivity contribution in [2.45, 2.75) is 44.5 Å². The second kappa shape index (κ2) is 5.92. The smallest absolute Gasteiger partial charge is 0.123 e. The number of rotatable bonds is 3. The molecule has 0 N–H and O–H groups in total. The molecule has 0 radical (unpaired) electrons. The highest BCUT2D eigenvalue weighted by Gasteiger charge is 2.26. The Morgan fingerprint density at radius 1 is 1.33 bits per heavy atom. The second-order valence-corrected chi connectivity index (χ2v) is 5.61. The van der Waals surface area contributed by atoms with Crippen LogP contribution in [0.1, 0.15) is 38.2 Å². The quantitative estimate of drug-likeness (QED) is 0.726. The first-order valence-corrected chi connectivity index (χ1v) is 7.24. The van der Waals surface area contributed by atoms with Gasteiger partial charge in [-0.1, -0.05) is 19.8 Å². The Hall–Kier alpha value is -0.760. The van der Waals surface area contributed by atoms with Crippen LogP contribution >= 0.6 is 11.6 Å². The molecule has 0 bridgehead atoms. The van der Waals surface area contributed by atoms with Crippen LogP contribution in [0.25, 0.3) is 0 Å². The molecular formula is C15H21ClFN. The van der Waals surface area contributed by atoms with E-state index in [1.807, 2.05) is 6.07 Å². The number of nitrogens with zero attached hydrogens (tertiary/aromatic N) is 1. The third-order valence-corrected chi connectivity index (χ3v) is 4.42. The Morgan fingerprint density at radius 2 is 2.06 bits per heavy atom. The molecule has 2 unspecified atom stereocenters. The van der Waals surface area contributed by atoms with Crippen LogP contribution in [0.2, 0.25) is 0 Å². The molecule has 0 spiro atoms. The molecule has 0 aliphatic heterocycles. The predicted octanol–water partition coefficient (Wildman–Crippen LogP) is 4.58. The highest BCUT2D eigenvalue weighted by molar-refractivity contribution is 6.17. The van der Waals surface area contributed by atoms with Gasteiger partial charge in [-0.3, -0.25) is 0 Å². The Morgan fingerprint density at radius 3 is 2.72 bits per heavy atom. The molecule has 1 saturated carbocycles. The van der Waals surface area contributed by atoms with Crippen molar-refractivity contribution in [3.63, 3.8) is 0 Å². The largest absolute Gasteiger partial charge is 0.371 e. The Balaban J connectivity index is 2.24. The molecule has 1 aliphatic rings. The van der Waals surface area contributed by atoms with Gasteiger partial charge in [-0.2, -0.15) is 0 Å². The molecule has 1 aromatic carbocycles. The van der Waals surface area contributed by atoms with Crippen LogP contribution in [0, 0.1) is 11.7 Å². The summed E-state index contributed by atoms with van der Waals surface area (Å²) >= 11 is 5.93. The minimum atomic E-state index is -0.209. The minimum Gasteiger partial charge on any atom is -0.371 e. The van der Waals surface area contributed by atoms with Gasteiger partial charge in [0.05, 0.1) is 0 Å². The fraction of sp³-hybridized carbons (Fsp3) is 0.600. The number of alkyl halides is 1. The van der Waals surface area contributed by atoms with E-state index in [2.05, 4.69) is 18.9 Å². The summed E-state index contributed by atoms with van der Waals surface area (Å²) in [5, 5.41) is 0. The molecule has 2 atom stereocenters. The summed E-state index contributed by atoms with van der Waals surface area (Å²) in [4.78, 5) is 2.29. The molecule has 0 aromatic heterocycles. The third kappa shape index (κ3) is 2.80. The Bertz CT molecular complexity index is 407. The van der Waals surface area contributed by atoms with Crippen LogP contribution in [0.4, 0.5) is 10.1 Å². The van der Waals surface area contributed by atoms with Gasteiger partial charge in [0.15, 0.2) is 0 Å². The van der Waals surface area contributed by atoms with Gasteiger partial charge in [0.1, 0.15) is 5.82 Å². The maximum Gasteiger partial charge on any atom is 0.123 e. The summed E-state index contributed by atoms with van der Waals surface area (Å²) in [6, 6.07) is 5.47. The number of benzene rings is 1. The molecule has 0 saturated heterocycles. The summed E-state index contributed by atoms with van der Waals surface area (Å²) in [5.41, 5.74) is 1.96. The first-order chi connectivity index (χ1) is 8.63. The lowest BCUT2D eigenvalue weighted by Crippen LogP contribution is -2.39. The normalized spacial score (nSPS) is 24.0. The van der Waals surface area contributed by atoms with Crippen LogP contribution in [0.3, 0.4) is 0 Å². The Labute approximate surface area is 114 Å². The molecule has 0 heterocycles. The van der Waals surface area contributed by atoms with Gasteiger partial charge in [0.25, 0.3) is 0 Å². The zero-order valence-corrected chi connectivity index (χ0v) is 11.9. The van der Waals surface area contributed by atoms with E-state index in [-0.39, 0.29) is 5.82 Å². The van der Waals surface area contributed by atoms with E-state index in [1.165, 1.54) is 31.7 Å². The molecule has 2 rings (SSSR count). The topological polar surface area (TPSA) is 3.24 Å². The lowest BCUT2D eigenvalue weighted by molar-refractivity contribution is 0.321. The van der Waals surface area contributed by atoms with E-state index in [4.69, 9.17) is 11.6 Å². The monoisotopic (exact) mass is 269 g/mol. The van der Waals surface area contributed by atoms with Crippen LogP contribution < -0.4 is 4.90 Å².